The highest BCUT2D eigenvalue weighted by atomic mass is 19.1. The molecular formula is C22H24FN5O2. The van der Waals surface area contributed by atoms with Gasteiger partial charge in [0.15, 0.2) is 5.75 Å². The Morgan fingerprint density at radius 1 is 1.13 bits per heavy atom. The van der Waals surface area contributed by atoms with Crippen molar-refractivity contribution >= 4 is 5.82 Å². The largest absolute Gasteiger partial charge is 0.484 e. The number of pyridine rings is 2. The van der Waals surface area contributed by atoms with Crippen LogP contribution in [0.2, 0.25) is 0 Å². The van der Waals surface area contributed by atoms with Crippen molar-refractivity contribution in [3.63, 3.8) is 0 Å². The SMILES string of the molecule is CCC(C)(CNc1cc(-c2cnc(F)c(C)c2)ncn1)c1ccnc2c1OCCO2. The first-order valence-electron chi connectivity index (χ1n) is 9.93. The van der Waals surface area contributed by atoms with Gasteiger partial charge in [0.2, 0.25) is 5.95 Å². The molecule has 0 bridgehead atoms. The van der Waals surface area contributed by atoms with E-state index in [9.17, 15) is 4.39 Å². The van der Waals surface area contributed by atoms with E-state index in [1.54, 1.807) is 19.2 Å². The molecule has 0 aromatic carbocycles. The van der Waals surface area contributed by atoms with Gasteiger partial charge in [0, 0.05) is 47.1 Å². The van der Waals surface area contributed by atoms with E-state index >= 15 is 0 Å². The van der Waals surface area contributed by atoms with Gasteiger partial charge in [-0.3, -0.25) is 0 Å². The number of aromatic nitrogens is 4. The second kappa shape index (κ2) is 8.22. The van der Waals surface area contributed by atoms with Gasteiger partial charge in [-0.05, 0) is 25.5 Å². The van der Waals surface area contributed by atoms with Gasteiger partial charge in [0.25, 0.3) is 5.88 Å². The van der Waals surface area contributed by atoms with E-state index in [0.717, 1.165) is 17.5 Å². The Hall–Kier alpha value is -3.29. The van der Waals surface area contributed by atoms with Crippen LogP contribution in [0, 0.1) is 12.9 Å². The Labute approximate surface area is 174 Å². The minimum absolute atomic E-state index is 0.229. The van der Waals surface area contributed by atoms with Gasteiger partial charge in [0.1, 0.15) is 25.4 Å². The summed E-state index contributed by atoms with van der Waals surface area (Å²) in [5.41, 5.74) is 2.72. The van der Waals surface area contributed by atoms with Crippen LogP contribution in [0.25, 0.3) is 11.3 Å². The molecule has 156 valence electrons. The molecule has 4 heterocycles. The molecule has 0 radical (unpaired) electrons. The maximum absolute atomic E-state index is 13.5. The predicted octanol–water partition coefficient (Wildman–Crippen LogP) is 3.93. The molecule has 7 nitrogen and oxygen atoms in total. The molecule has 0 amide bonds. The zero-order valence-corrected chi connectivity index (χ0v) is 17.3. The number of hydrogen-bond donors (Lipinski definition) is 1. The number of ether oxygens (including phenoxy) is 2. The minimum atomic E-state index is -0.475. The first kappa shape index (κ1) is 20.0. The van der Waals surface area contributed by atoms with Crippen molar-refractivity contribution in [1.82, 2.24) is 19.9 Å². The number of anilines is 1. The van der Waals surface area contributed by atoms with E-state index in [1.165, 1.54) is 12.5 Å². The van der Waals surface area contributed by atoms with E-state index in [-0.39, 0.29) is 5.41 Å². The summed E-state index contributed by atoms with van der Waals surface area (Å²) < 4.78 is 25.0. The molecule has 0 saturated carbocycles. The van der Waals surface area contributed by atoms with E-state index in [2.05, 4.69) is 39.1 Å². The Balaban J connectivity index is 1.57. The molecule has 3 aromatic rings. The molecule has 3 aromatic heterocycles. The number of fused-ring (bicyclic) bond motifs is 1. The van der Waals surface area contributed by atoms with Gasteiger partial charge in [-0.1, -0.05) is 13.8 Å². The fourth-order valence-corrected chi connectivity index (χ4v) is 3.44. The normalized spacial score (nSPS) is 14.8. The summed E-state index contributed by atoms with van der Waals surface area (Å²) in [5.74, 6) is 1.46. The molecule has 1 aliphatic heterocycles. The molecule has 1 N–H and O–H groups in total. The van der Waals surface area contributed by atoms with Crippen molar-refractivity contribution in [2.24, 2.45) is 0 Å². The highest BCUT2D eigenvalue weighted by Crippen LogP contribution is 2.40. The van der Waals surface area contributed by atoms with Gasteiger partial charge in [-0.15, -0.1) is 0 Å². The van der Waals surface area contributed by atoms with Gasteiger partial charge < -0.3 is 14.8 Å². The molecule has 0 aliphatic carbocycles. The van der Waals surface area contributed by atoms with Crippen molar-refractivity contribution in [1.29, 1.82) is 0 Å². The molecule has 0 spiro atoms. The maximum atomic E-state index is 13.5. The quantitative estimate of drug-likeness (QED) is 0.618. The van der Waals surface area contributed by atoms with E-state index in [1.807, 2.05) is 12.1 Å². The molecule has 8 heteroatoms. The number of nitrogens with one attached hydrogen (secondary N) is 1. The lowest BCUT2D eigenvalue weighted by Gasteiger charge is -2.32. The highest BCUT2D eigenvalue weighted by molar-refractivity contribution is 5.62. The average molecular weight is 409 g/mol. The van der Waals surface area contributed by atoms with Crippen LogP contribution in [0.4, 0.5) is 10.2 Å². The van der Waals surface area contributed by atoms with Crippen molar-refractivity contribution in [2.45, 2.75) is 32.6 Å². The zero-order valence-electron chi connectivity index (χ0n) is 17.3. The fourth-order valence-electron chi connectivity index (χ4n) is 3.44. The average Bonchev–Trinajstić information content (AvgIpc) is 2.79. The third-order valence-corrected chi connectivity index (χ3v) is 5.51. The standard InChI is InChI=1S/C22H24FN5O2/c1-4-22(3,16-5-6-24-21-19(16)29-7-8-30-21)12-26-18-10-17(27-13-28-18)15-9-14(2)20(23)25-11-15/h5-6,9-11,13H,4,7-8,12H2,1-3H3,(H,26,27,28). The summed E-state index contributed by atoms with van der Waals surface area (Å²) >= 11 is 0. The zero-order chi connectivity index (χ0) is 21.1. The first-order chi connectivity index (χ1) is 14.5. The summed E-state index contributed by atoms with van der Waals surface area (Å²) in [5, 5.41) is 3.42. The number of rotatable bonds is 6. The first-order valence-corrected chi connectivity index (χ1v) is 9.93. The Morgan fingerprint density at radius 3 is 2.77 bits per heavy atom. The summed E-state index contributed by atoms with van der Waals surface area (Å²) in [6.45, 7) is 7.63. The summed E-state index contributed by atoms with van der Waals surface area (Å²) in [6.07, 6.45) is 5.60. The van der Waals surface area contributed by atoms with Crippen LogP contribution in [-0.4, -0.2) is 39.7 Å². The molecule has 1 unspecified atom stereocenters. The van der Waals surface area contributed by atoms with Crippen LogP contribution >= 0.6 is 0 Å². The molecular weight excluding hydrogens is 385 g/mol. The maximum Gasteiger partial charge on any atom is 0.257 e. The number of halogens is 1. The van der Waals surface area contributed by atoms with E-state index < -0.39 is 5.95 Å². The smallest absolute Gasteiger partial charge is 0.257 e. The van der Waals surface area contributed by atoms with Crippen molar-refractivity contribution < 1.29 is 13.9 Å². The van der Waals surface area contributed by atoms with Crippen LogP contribution in [0.3, 0.4) is 0 Å². The van der Waals surface area contributed by atoms with Crippen LogP contribution in [0.5, 0.6) is 11.6 Å². The number of hydrogen-bond acceptors (Lipinski definition) is 7. The third-order valence-electron chi connectivity index (χ3n) is 5.51. The topological polar surface area (TPSA) is 82.1 Å². The number of aryl methyl sites for hydroxylation is 1. The molecule has 0 fully saturated rings. The van der Waals surface area contributed by atoms with Crippen LogP contribution < -0.4 is 14.8 Å². The van der Waals surface area contributed by atoms with Crippen molar-refractivity contribution in [3.8, 4) is 22.9 Å². The Kier molecular flexibility index (Phi) is 5.48. The number of nitrogens with zero attached hydrogens (tertiary/aromatic N) is 4. The molecule has 1 atom stereocenters. The third kappa shape index (κ3) is 3.90. The monoisotopic (exact) mass is 409 g/mol. The molecule has 0 saturated heterocycles. The van der Waals surface area contributed by atoms with Crippen LogP contribution in [-0.2, 0) is 5.41 Å². The highest BCUT2D eigenvalue weighted by Gasteiger charge is 2.31. The summed E-state index contributed by atoms with van der Waals surface area (Å²) in [4.78, 5) is 16.7. The Morgan fingerprint density at radius 2 is 1.97 bits per heavy atom. The lowest BCUT2D eigenvalue weighted by atomic mass is 9.79. The molecule has 30 heavy (non-hydrogen) atoms. The van der Waals surface area contributed by atoms with Crippen molar-refractivity contribution in [3.05, 3.63) is 54.0 Å². The summed E-state index contributed by atoms with van der Waals surface area (Å²) in [6, 6.07) is 5.55. The lowest BCUT2D eigenvalue weighted by molar-refractivity contribution is 0.160. The van der Waals surface area contributed by atoms with Crippen LogP contribution in [0.1, 0.15) is 31.4 Å². The van der Waals surface area contributed by atoms with Crippen molar-refractivity contribution in [2.75, 3.05) is 25.1 Å². The van der Waals surface area contributed by atoms with Crippen LogP contribution in [0.15, 0.2) is 36.9 Å². The lowest BCUT2D eigenvalue weighted by Crippen LogP contribution is -2.32. The fraction of sp³-hybridized carbons (Fsp3) is 0.364. The second-order valence-electron chi connectivity index (χ2n) is 7.58. The van der Waals surface area contributed by atoms with E-state index in [4.69, 9.17) is 9.47 Å². The van der Waals surface area contributed by atoms with Gasteiger partial charge in [-0.2, -0.15) is 4.39 Å². The molecule has 4 rings (SSSR count). The van der Waals surface area contributed by atoms with Gasteiger partial charge in [0.05, 0.1) is 5.69 Å². The van der Waals surface area contributed by atoms with Gasteiger partial charge in [-0.25, -0.2) is 19.9 Å². The predicted molar refractivity (Wildman–Crippen MR) is 111 cm³/mol. The van der Waals surface area contributed by atoms with E-state index in [0.29, 0.717) is 48.5 Å². The molecule has 1 aliphatic rings. The minimum Gasteiger partial charge on any atom is -0.484 e. The Bertz CT molecular complexity index is 1060. The summed E-state index contributed by atoms with van der Waals surface area (Å²) in [7, 11) is 0. The van der Waals surface area contributed by atoms with Gasteiger partial charge >= 0.3 is 0 Å². The second-order valence-corrected chi connectivity index (χ2v) is 7.58.